The zero-order valence-corrected chi connectivity index (χ0v) is 19.6. The second kappa shape index (κ2) is 9.75. The lowest BCUT2D eigenvalue weighted by Crippen LogP contribution is -2.62. The van der Waals surface area contributed by atoms with Crippen LogP contribution in [0.25, 0.3) is 0 Å². The smallest absolute Gasteiger partial charge is 0.0955 e. The fourth-order valence-electron chi connectivity index (χ4n) is 6.98. The molecule has 0 aliphatic carbocycles. The molecule has 0 saturated carbocycles. The number of nitrogens with zero attached hydrogens (tertiary/aromatic N) is 2. The molecule has 0 spiro atoms. The number of rotatable bonds is 11. The monoisotopic (exact) mass is 430 g/mol. The second-order valence-electron chi connectivity index (χ2n) is 10.9. The number of alkyl halides is 2. The van der Waals surface area contributed by atoms with Crippen molar-refractivity contribution in [2.24, 2.45) is 11.8 Å². The highest BCUT2D eigenvalue weighted by Gasteiger charge is 2.45. The minimum Gasteiger partial charge on any atom is -0.322 e. The standard InChI is InChI=1S/C24H44Cl2N2/c25-23-19-27(15-9-21(23)10-16-27)13-7-5-3-1-2-4-6-8-14-28-17-11-22(12-18-28)24(26)20-28/h21-24H,1-20H2/q+2/t21?,22?,23-,24-,27?,28?/m1/s1. The summed E-state index contributed by atoms with van der Waals surface area (Å²) >= 11 is 13.2. The van der Waals surface area contributed by atoms with E-state index in [1.807, 2.05) is 0 Å². The number of hydrogen-bond acceptors (Lipinski definition) is 0. The highest BCUT2D eigenvalue weighted by Crippen LogP contribution is 2.38. The molecule has 2 atom stereocenters. The minimum atomic E-state index is 0.472. The van der Waals surface area contributed by atoms with Gasteiger partial charge in [-0.15, -0.1) is 23.2 Å². The zero-order valence-electron chi connectivity index (χ0n) is 18.1. The number of quaternary nitrogens is 2. The molecule has 0 aromatic rings. The summed E-state index contributed by atoms with van der Waals surface area (Å²) in [5.41, 5.74) is 0. The molecular formula is C24H44Cl2N2+2. The van der Waals surface area contributed by atoms with Crippen molar-refractivity contribution >= 4 is 23.2 Å². The maximum Gasteiger partial charge on any atom is 0.0955 e. The van der Waals surface area contributed by atoms with Crippen molar-refractivity contribution in [3.05, 3.63) is 0 Å². The number of hydrogen-bond donors (Lipinski definition) is 0. The second-order valence-corrected chi connectivity index (χ2v) is 12.0. The Kier molecular flexibility index (Phi) is 7.57. The first-order valence-electron chi connectivity index (χ1n) is 12.6. The van der Waals surface area contributed by atoms with Crippen molar-refractivity contribution in [3.8, 4) is 0 Å². The van der Waals surface area contributed by atoms with Crippen molar-refractivity contribution in [2.75, 3.05) is 52.4 Å². The molecule has 0 unspecified atom stereocenters. The van der Waals surface area contributed by atoms with Gasteiger partial charge in [-0.1, -0.05) is 25.7 Å². The van der Waals surface area contributed by atoms with Crippen LogP contribution >= 0.6 is 23.2 Å². The van der Waals surface area contributed by atoms with Crippen LogP contribution < -0.4 is 0 Å². The number of unbranched alkanes of at least 4 members (excludes halogenated alkanes) is 7. The number of halogens is 2. The molecule has 162 valence electrons. The summed E-state index contributed by atoms with van der Waals surface area (Å²) in [6.45, 7) is 11.0. The first-order valence-corrected chi connectivity index (χ1v) is 13.5. The van der Waals surface area contributed by atoms with Gasteiger partial charge in [-0.2, -0.15) is 0 Å². The van der Waals surface area contributed by atoms with Gasteiger partial charge in [0.1, 0.15) is 0 Å². The predicted octanol–water partition coefficient (Wildman–Crippen LogP) is 5.80. The van der Waals surface area contributed by atoms with E-state index < -0.39 is 0 Å². The van der Waals surface area contributed by atoms with E-state index in [1.54, 1.807) is 0 Å². The van der Waals surface area contributed by atoms with Crippen LogP contribution in [0, 0.1) is 11.8 Å². The summed E-state index contributed by atoms with van der Waals surface area (Å²) in [5, 5.41) is 0.944. The highest BCUT2D eigenvalue weighted by molar-refractivity contribution is 6.21. The third-order valence-electron chi connectivity index (χ3n) is 9.06. The van der Waals surface area contributed by atoms with Gasteiger partial charge in [0.05, 0.1) is 63.1 Å². The Labute approximate surface area is 184 Å². The Morgan fingerprint density at radius 3 is 1.14 bits per heavy atom. The van der Waals surface area contributed by atoms with Crippen molar-refractivity contribution in [2.45, 2.75) is 87.8 Å². The summed E-state index contributed by atoms with van der Waals surface area (Å²) in [4.78, 5) is 0. The third-order valence-corrected chi connectivity index (χ3v) is 10.0. The molecular weight excluding hydrogens is 387 g/mol. The molecule has 0 aromatic heterocycles. The van der Waals surface area contributed by atoms with Crippen LogP contribution in [0.4, 0.5) is 0 Å². The van der Waals surface area contributed by atoms with E-state index in [2.05, 4.69) is 0 Å². The molecule has 6 saturated heterocycles. The largest absolute Gasteiger partial charge is 0.322 e. The van der Waals surface area contributed by atoms with E-state index in [9.17, 15) is 0 Å². The molecule has 6 aliphatic heterocycles. The Balaban J connectivity index is 0.996. The fourth-order valence-corrected chi connectivity index (χ4v) is 8.07. The lowest BCUT2D eigenvalue weighted by molar-refractivity contribution is -0.942. The molecule has 6 heterocycles. The van der Waals surface area contributed by atoms with E-state index in [4.69, 9.17) is 23.2 Å². The van der Waals surface area contributed by atoms with Crippen LogP contribution in [0.5, 0.6) is 0 Å². The van der Waals surface area contributed by atoms with Gasteiger partial charge in [-0.3, -0.25) is 0 Å². The van der Waals surface area contributed by atoms with E-state index in [0.717, 1.165) is 11.8 Å². The SMILES string of the molecule is Cl[C@@H]1C[N+]2(CCCCCCCCCC[N+]34CCC(CC3)[C@H](Cl)C4)CCC1CC2. The molecule has 0 amide bonds. The molecule has 6 rings (SSSR count). The van der Waals surface area contributed by atoms with Crippen LogP contribution in [-0.2, 0) is 0 Å². The van der Waals surface area contributed by atoms with Crippen LogP contribution in [0.3, 0.4) is 0 Å². The lowest BCUT2D eigenvalue weighted by Gasteiger charge is -2.51. The minimum absolute atomic E-state index is 0.472. The van der Waals surface area contributed by atoms with E-state index in [0.29, 0.717) is 10.8 Å². The Morgan fingerprint density at radius 2 is 0.821 bits per heavy atom. The summed E-state index contributed by atoms with van der Waals surface area (Å²) in [7, 11) is 0. The Bertz CT molecular complexity index is 437. The maximum atomic E-state index is 6.58. The van der Waals surface area contributed by atoms with Crippen molar-refractivity contribution in [1.29, 1.82) is 0 Å². The first-order chi connectivity index (χ1) is 13.6. The van der Waals surface area contributed by atoms with Gasteiger partial charge in [-0.25, -0.2) is 0 Å². The van der Waals surface area contributed by atoms with Gasteiger partial charge < -0.3 is 8.97 Å². The number of piperidine rings is 6. The molecule has 0 N–H and O–H groups in total. The van der Waals surface area contributed by atoms with Crippen molar-refractivity contribution < 1.29 is 8.97 Å². The van der Waals surface area contributed by atoms with Gasteiger partial charge in [0.15, 0.2) is 0 Å². The third kappa shape index (κ3) is 5.21. The summed E-state index contributed by atoms with van der Waals surface area (Å²) in [6, 6.07) is 0. The summed E-state index contributed by atoms with van der Waals surface area (Å²) in [6.07, 6.45) is 17.1. The van der Waals surface area contributed by atoms with Gasteiger partial charge >= 0.3 is 0 Å². The van der Waals surface area contributed by atoms with Gasteiger partial charge in [0, 0.05) is 25.7 Å². The molecule has 6 aliphatic rings. The van der Waals surface area contributed by atoms with E-state index >= 15 is 0 Å². The molecule has 28 heavy (non-hydrogen) atoms. The molecule has 4 bridgehead atoms. The molecule has 4 heteroatoms. The zero-order chi connectivity index (χ0) is 19.5. The predicted molar refractivity (Wildman–Crippen MR) is 121 cm³/mol. The van der Waals surface area contributed by atoms with Crippen LogP contribution in [0.15, 0.2) is 0 Å². The molecule has 0 aromatic carbocycles. The quantitative estimate of drug-likeness (QED) is 0.220. The maximum absolute atomic E-state index is 6.58. The van der Waals surface area contributed by atoms with Gasteiger partial charge in [-0.05, 0) is 37.5 Å². The summed E-state index contributed by atoms with van der Waals surface area (Å²) in [5.74, 6) is 1.68. The van der Waals surface area contributed by atoms with Crippen LogP contribution in [0.1, 0.15) is 77.0 Å². The lowest BCUT2D eigenvalue weighted by atomic mass is 9.85. The molecule has 0 radical (unpaired) electrons. The topological polar surface area (TPSA) is 0 Å². The molecule has 6 fully saturated rings. The number of fused-ring (bicyclic) bond motifs is 6. The highest BCUT2D eigenvalue weighted by atomic mass is 35.5. The van der Waals surface area contributed by atoms with Crippen molar-refractivity contribution in [1.82, 2.24) is 0 Å². The normalized spacial score (nSPS) is 42.2. The van der Waals surface area contributed by atoms with Crippen LogP contribution in [0.2, 0.25) is 0 Å². The molecule has 2 nitrogen and oxygen atoms in total. The van der Waals surface area contributed by atoms with Gasteiger partial charge in [0.2, 0.25) is 0 Å². The van der Waals surface area contributed by atoms with Crippen LogP contribution in [-0.4, -0.2) is 72.1 Å². The Hall–Kier alpha value is 0.500. The first kappa shape index (κ1) is 21.7. The summed E-state index contributed by atoms with van der Waals surface area (Å²) < 4.78 is 2.71. The van der Waals surface area contributed by atoms with E-state index in [1.165, 1.54) is 138 Å². The van der Waals surface area contributed by atoms with Gasteiger partial charge in [0.25, 0.3) is 0 Å². The average molecular weight is 432 g/mol. The average Bonchev–Trinajstić information content (AvgIpc) is 2.71. The Morgan fingerprint density at radius 1 is 0.500 bits per heavy atom. The van der Waals surface area contributed by atoms with Crippen molar-refractivity contribution in [3.63, 3.8) is 0 Å². The fraction of sp³-hybridized carbons (Fsp3) is 1.00. The van der Waals surface area contributed by atoms with E-state index in [-0.39, 0.29) is 0 Å².